The smallest absolute Gasteiger partial charge is 0.410 e. The zero-order valence-electron chi connectivity index (χ0n) is 18.9. The fraction of sp³-hybridized carbons (Fsp3) is 0.727. The maximum Gasteiger partial charge on any atom is 0.410 e. The first kappa shape index (κ1) is 23.8. The first-order valence-corrected chi connectivity index (χ1v) is 13.0. The zero-order chi connectivity index (χ0) is 22.6. The Morgan fingerprint density at radius 2 is 1.65 bits per heavy atom. The van der Waals surface area contributed by atoms with Crippen LogP contribution in [-0.2, 0) is 19.3 Å². The molecule has 2 heterocycles. The van der Waals surface area contributed by atoms with Crippen molar-refractivity contribution in [2.24, 2.45) is 0 Å². The van der Waals surface area contributed by atoms with Crippen molar-refractivity contribution in [2.45, 2.75) is 88.7 Å². The Bertz CT molecular complexity index is 857. The quantitative estimate of drug-likeness (QED) is 0.649. The molecular weight excluding hydrogens is 420 g/mol. The van der Waals surface area contributed by atoms with E-state index in [2.05, 4.69) is 4.98 Å². The normalized spacial score (nSPS) is 23.1. The van der Waals surface area contributed by atoms with Gasteiger partial charge in [0.05, 0.1) is 30.6 Å². The number of aromatic nitrogens is 1. The fourth-order valence-electron chi connectivity index (χ4n) is 4.03. The predicted octanol–water partition coefficient (Wildman–Crippen LogP) is 3.51. The van der Waals surface area contributed by atoms with Gasteiger partial charge in [-0.25, -0.2) is 18.2 Å². The monoisotopic (exact) mass is 454 g/mol. The molecule has 9 heteroatoms. The molecular formula is C22H34N2O6S. The summed E-state index contributed by atoms with van der Waals surface area (Å²) in [6.07, 6.45) is 8.09. The minimum Gasteiger partial charge on any atom is -0.489 e. The highest BCUT2D eigenvalue weighted by Crippen LogP contribution is 2.29. The summed E-state index contributed by atoms with van der Waals surface area (Å²) >= 11 is 0. The largest absolute Gasteiger partial charge is 0.489 e. The third-order valence-corrected chi connectivity index (χ3v) is 6.74. The molecule has 0 bridgehead atoms. The van der Waals surface area contributed by atoms with Gasteiger partial charge in [0.1, 0.15) is 5.75 Å². The number of ether oxygens (including phenoxy) is 3. The molecule has 1 aromatic rings. The summed E-state index contributed by atoms with van der Waals surface area (Å²) in [6, 6.07) is 1.56. The van der Waals surface area contributed by atoms with Crippen LogP contribution in [0.5, 0.6) is 5.75 Å². The van der Waals surface area contributed by atoms with Crippen LogP contribution < -0.4 is 4.74 Å². The zero-order valence-corrected chi connectivity index (χ0v) is 19.7. The third kappa shape index (κ3) is 6.80. The molecule has 0 atom stereocenters. The highest BCUT2D eigenvalue weighted by atomic mass is 32.2. The minimum atomic E-state index is -3.32. The van der Waals surface area contributed by atoms with Gasteiger partial charge >= 0.3 is 6.09 Å². The van der Waals surface area contributed by atoms with E-state index in [1.165, 1.54) is 6.20 Å². The number of hydrogen-bond acceptors (Lipinski definition) is 7. The molecule has 3 rings (SSSR count). The van der Waals surface area contributed by atoms with Gasteiger partial charge in [-0.05, 0) is 70.9 Å². The van der Waals surface area contributed by atoms with Crippen molar-refractivity contribution in [2.75, 3.05) is 19.3 Å². The molecule has 1 saturated carbocycles. The van der Waals surface area contributed by atoms with E-state index in [9.17, 15) is 13.2 Å². The number of sulfone groups is 1. The molecule has 1 saturated heterocycles. The molecule has 1 amide bonds. The Morgan fingerprint density at radius 3 is 2.19 bits per heavy atom. The van der Waals surface area contributed by atoms with Crippen molar-refractivity contribution in [3.05, 3.63) is 17.8 Å². The molecule has 8 nitrogen and oxygen atoms in total. The fourth-order valence-corrected chi connectivity index (χ4v) is 4.67. The lowest BCUT2D eigenvalue weighted by molar-refractivity contribution is -0.0657. The van der Waals surface area contributed by atoms with Crippen molar-refractivity contribution in [1.82, 2.24) is 9.88 Å². The Labute approximate surface area is 185 Å². The van der Waals surface area contributed by atoms with Crippen LogP contribution in [0.4, 0.5) is 4.79 Å². The standard InChI is InChI=1S/C22H34N2O6S/c1-15(2)28-22(25)24-11-9-19(10-12-24)29-17-5-7-18(8-6-17)30-20-14-23-21(13-16(20)3)31(4,26)27/h13-15,17-19H,5-12H2,1-4H3/t17-,18-. The SMILES string of the molecule is Cc1cc(S(C)(=O)=O)ncc1O[C@H]1CC[C@H](OC2CCN(C(=O)OC(C)C)CC2)CC1. The number of amides is 1. The molecule has 174 valence electrons. The van der Waals surface area contributed by atoms with Gasteiger partial charge < -0.3 is 19.1 Å². The van der Waals surface area contributed by atoms with Crippen molar-refractivity contribution in [3.8, 4) is 5.75 Å². The Hall–Kier alpha value is -1.87. The third-order valence-electron chi connectivity index (χ3n) is 5.75. The second-order valence-corrected chi connectivity index (χ2v) is 10.8. The summed E-state index contributed by atoms with van der Waals surface area (Å²) in [6.45, 7) is 6.89. The van der Waals surface area contributed by atoms with Gasteiger partial charge in [-0.15, -0.1) is 0 Å². The number of nitrogens with zero attached hydrogens (tertiary/aromatic N) is 2. The van der Waals surface area contributed by atoms with Crippen LogP contribution in [0.1, 0.15) is 57.9 Å². The number of likely N-dealkylation sites (tertiary alicyclic amines) is 1. The van der Waals surface area contributed by atoms with Crippen molar-refractivity contribution >= 4 is 15.9 Å². The number of hydrogen-bond donors (Lipinski definition) is 0. The van der Waals surface area contributed by atoms with Gasteiger partial charge in [-0.1, -0.05) is 0 Å². The van der Waals surface area contributed by atoms with Gasteiger partial charge in [0, 0.05) is 19.3 Å². The summed E-state index contributed by atoms with van der Waals surface area (Å²) in [4.78, 5) is 17.8. The van der Waals surface area contributed by atoms with Crippen LogP contribution in [0.3, 0.4) is 0 Å². The van der Waals surface area contributed by atoms with E-state index in [0.717, 1.165) is 50.3 Å². The van der Waals surface area contributed by atoms with Crippen molar-refractivity contribution in [1.29, 1.82) is 0 Å². The summed E-state index contributed by atoms with van der Waals surface area (Å²) in [5, 5.41) is 0.0676. The summed E-state index contributed by atoms with van der Waals surface area (Å²) < 4.78 is 40.9. The molecule has 31 heavy (non-hydrogen) atoms. The Balaban J connectivity index is 1.41. The van der Waals surface area contributed by atoms with E-state index < -0.39 is 9.84 Å². The van der Waals surface area contributed by atoms with Crippen LogP contribution in [0.25, 0.3) is 0 Å². The molecule has 0 unspecified atom stereocenters. The van der Waals surface area contributed by atoms with Crippen molar-refractivity contribution in [3.63, 3.8) is 0 Å². The average Bonchev–Trinajstić information content (AvgIpc) is 2.70. The number of carbonyl (C=O) groups excluding carboxylic acids is 1. The van der Waals surface area contributed by atoms with Crippen LogP contribution in [-0.4, -0.2) is 68.2 Å². The minimum absolute atomic E-state index is 0.0676. The number of aryl methyl sites for hydroxylation is 1. The number of pyridine rings is 1. The van der Waals surface area contributed by atoms with Gasteiger partial charge in [0.2, 0.25) is 0 Å². The second kappa shape index (κ2) is 10.2. The summed E-state index contributed by atoms with van der Waals surface area (Å²) in [7, 11) is -3.32. The summed E-state index contributed by atoms with van der Waals surface area (Å²) in [5.41, 5.74) is 0.775. The molecule has 0 aromatic carbocycles. The molecule has 1 aliphatic heterocycles. The molecule has 0 radical (unpaired) electrons. The van der Waals surface area contributed by atoms with E-state index in [1.54, 1.807) is 11.0 Å². The molecule has 1 aliphatic carbocycles. The predicted molar refractivity (Wildman–Crippen MR) is 116 cm³/mol. The van der Waals surface area contributed by atoms with Crippen molar-refractivity contribution < 1.29 is 27.4 Å². The first-order valence-electron chi connectivity index (χ1n) is 11.1. The maximum absolute atomic E-state index is 12.0. The van der Waals surface area contributed by atoms with E-state index in [0.29, 0.717) is 18.8 Å². The highest BCUT2D eigenvalue weighted by molar-refractivity contribution is 7.90. The molecule has 0 N–H and O–H groups in total. The first-order chi connectivity index (χ1) is 14.6. The number of carbonyl (C=O) groups is 1. The molecule has 2 fully saturated rings. The number of piperidine rings is 1. The second-order valence-electron chi connectivity index (χ2n) is 8.83. The lowest BCUT2D eigenvalue weighted by atomic mass is 9.94. The molecule has 1 aromatic heterocycles. The molecule has 2 aliphatic rings. The molecule has 0 spiro atoms. The van der Waals surface area contributed by atoms with Crippen LogP contribution in [0.15, 0.2) is 17.3 Å². The lowest BCUT2D eigenvalue weighted by Gasteiger charge is -2.36. The summed E-state index contributed by atoms with van der Waals surface area (Å²) in [5.74, 6) is 0.637. The highest BCUT2D eigenvalue weighted by Gasteiger charge is 2.29. The van der Waals surface area contributed by atoms with Crippen LogP contribution in [0.2, 0.25) is 0 Å². The maximum atomic E-state index is 12.0. The van der Waals surface area contributed by atoms with E-state index in [4.69, 9.17) is 14.2 Å². The van der Waals surface area contributed by atoms with Crippen LogP contribution >= 0.6 is 0 Å². The average molecular weight is 455 g/mol. The van der Waals surface area contributed by atoms with Gasteiger partial charge in [-0.2, -0.15) is 0 Å². The van der Waals surface area contributed by atoms with E-state index in [-0.39, 0.29) is 35.5 Å². The number of rotatable bonds is 6. The van der Waals surface area contributed by atoms with Gasteiger partial charge in [0.15, 0.2) is 14.9 Å². The van der Waals surface area contributed by atoms with Gasteiger partial charge in [0.25, 0.3) is 0 Å². The van der Waals surface area contributed by atoms with Gasteiger partial charge in [-0.3, -0.25) is 0 Å². The Morgan fingerprint density at radius 1 is 1.06 bits per heavy atom. The Kier molecular flexibility index (Phi) is 7.80. The topological polar surface area (TPSA) is 95.0 Å². The lowest BCUT2D eigenvalue weighted by Crippen LogP contribution is -2.43. The van der Waals surface area contributed by atoms with Crippen LogP contribution in [0, 0.1) is 6.92 Å². The van der Waals surface area contributed by atoms with E-state index in [1.807, 2.05) is 20.8 Å². The van der Waals surface area contributed by atoms with E-state index >= 15 is 0 Å².